The standard InChI is InChI=1S/C22H26ClN3O4/c23-18-4-1-2-5-19(18)28-13-3-8-24-22(27)26-11-9-25(10-12-26)15-17-6-7-20-21(14-17)30-16-29-20/h1-2,4-7,14H,3,8-13,15-16H2,(H,24,27). The molecule has 2 aliphatic rings. The molecule has 30 heavy (non-hydrogen) atoms. The van der Waals surface area contributed by atoms with E-state index in [0.717, 1.165) is 37.6 Å². The summed E-state index contributed by atoms with van der Waals surface area (Å²) >= 11 is 6.06. The maximum absolute atomic E-state index is 12.4. The average Bonchev–Trinajstić information content (AvgIpc) is 3.23. The van der Waals surface area contributed by atoms with Crippen molar-refractivity contribution in [1.29, 1.82) is 0 Å². The number of nitrogens with one attached hydrogen (secondary N) is 1. The molecule has 0 saturated carbocycles. The molecule has 1 saturated heterocycles. The van der Waals surface area contributed by atoms with Gasteiger partial charge in [-0.25, -0.2) is 4.79 Å². The van der Waals surface area contributed by atoms with Gasteiger partial charge in [-0.05, 0) is 36.2 Å². The number of piperazine rings is 1. The Hall–Kier alpha value is -2.64. The molecule has 1 N–H and O–H groups in total. The minimum Gasteiger partial charge on any atom is -0.492 e. The first kappa shape index (κ1) is 20.6. The van der Waals surface area contributed by atoms with Crippen LogP contribution in [0.25, 0.3) is 0 Å². The fourth-order valence-corrected chi connectivity index (χ4v) is 3.72. The largest absolute Gasteiger partial charge is 0.492 e. The van der Waals surface area contributed by atoms with Crippen molar-refractivity contribution >= 4 is 17.6 Å². The summed E-state index contributed by atoms with van der Waals surface area (Å²) in [5.74, 6) is 2.28. The molecular formula is C22H26ClN3O4. The van der Waals surface area contributed by atoms with E-state index in [-0.39, 0.29) is 6.03 Å². The number of fused-ring (bicyclic) bond motifs is 1. The number of halogens is 1. The van der Waals surface area contributed by atoms with E-state index < -0.39 is 0 Å². The molecule has 0 unspecified atom stereocenters. The first-order valence-electron chi connectivity index (χ1n) is 10.2. The van der Waals surface area contributed by atoms with Gasteiger partial charge in [0, 0.05) is 39.3 Å². The molecular weight excluding hydrogens is 406 g/mol. The van der Waals surface area contributed by atoms with Gasteiger partial charge in [0.1, 0.15) is 5.75 Å². The SMILES string of the molecule is O=C(NCCCOc1ccccc1Cl)N1CCN(Cc2ccc3c(c2)OCO3)CC1. The highest BCUT2D eigenvalue weighted by atomic mass is 35.5. The van der Waals surface area contributed by atoms with Crippen molar-refractivity contribution in [3.05, 3.63) is 53.1 Å². The Morgan fingerprint density at radius 2 is 1.87 bits per heavy atom. The van der Waals surface area contributed by atoms with Gasteiger partial charge >= 0.3 is 6.03 Å². The van der Waals surface area contributed by atoms with Crippen molar-refractivity contribution in [2.75, 3.05) is 46.1 Å². The maximum Gasteiger partial charge on any atom is 0.317 e. The van der Waals surface area contributed by atoms with E-state index in [1.165, 1.54) is 5.56 Å². The van der Waals surface area contributed by atoms with Gasteiger partial charge in [-0.1, -0.05) is 29.8 Å². The molecule has 2 amide bonds. The number of urea groups is 1. The Balaban J connectivity index is 1.13. The van der Waals surface area contributed by atoms with Crippen LogP contribution in [0.15, 0.2) is 42.5 Å². The number of para-hydroxylation sites is 1. The maximum atomic E-state index is 12.4. The number of amides is 2. The van der Waals surface area contributed by atoms with E-state index in [1.54, 1.807) is 6.07 Å². The number of hydrogen-bond donors (Lipinski definition) is 1. The van der Waals surface area contributed by atoms with Crippen molar-refractivity contribution in [2.45, 2.75) is 13.0 Å². The fraction of sp³-hybridized carbons (Fsp3) is 0.409. The number of rotatable bonds is 7. The second-order valence-corrected chi connectivity index (χ2v) is 7.72. The normalized spacial score (nSPS) is 15.8. The molecule has 1 fully saturated rings. The Morgan fingerprint density at radius 3 is 2.70 bits per heavy atom. The summed E-state index contributed by atoms with van der Waals surface area (Å²) in [6.45, 7) is 5.33. The van der Waals surface area contributed by atoms with Crippen LogP contribution in [0.4, 0.5) is 4.79 Å². The van der Waals surface area contributed by atoms with Gasteiger partial charge in [-0.15, -0.1) is 0 Å². The summed E-state index contributed by atoms with van der Waals surface area (Å²) in [7, 11) is 0. The molecule has 2 heterocycles. The zero-order valence-corrected chi connectivity index (χ0v) is 17.6. The lowest BCUT2D eigenvalue weighted by atomic mass is 10.1. The summed E-state index contributed by atoms with van der Waals surface area (Å²) < 4.78 is 16.4. The average molecular weight is 432 g/mol. The van der Waals surface area contributed by atoms with Crippen LogP contribution in [-0.4, -0.2) is 62.0 Å². The summed E-state index contributed by atoms with van der Waals surface area (Å²) in [4.78, 5) is 16.6. The first-order valence-corrected chi connectivity index (χ1v) is 10.6. The fourth-order valence-electron chi connectivity index (χ4n) is 3.53. The molecule has 2 aromatic rings. The lowest BCUT2D eigenvalue weighted by Gasteiger charge is -2.34. The third-order valence-electron chi connectivity index (χ3n) is 5.19. The van der Waals surface area contributed by atoms with Crippen LogP contribution in [0.1, 0.15) is 12.0 Å². The predicted octanol–water partition coefficient (Wildman–Crippen LogP) is 3.37. The summed E-state index contributed by atoms with van der Waals surface area (Å²) in [5, 5.41) is 3.57. The molecule has 0 bridgehead atoms. The first-order chi connectivity index (χ1) is 14.7. The second kappa shape index (κ2) is 9.91. The van der Waals surface area contributed by atoms with E-state index in [1.807, 2.05) is 35.2 Å². The van der Waals surface area contributed by atoms with Crippen molar-refractivity contribution in [1.82, 2.24) is 15.1 Å². The van der Waals surface area contributed by atoms with E-state index >= 15 is 0 Å². The van der Waals surface area contributed by atoms with Crippen LogP contribution in [0.3, 0.4) is 0 Å². The second-order valence-electron chi connectivity index (χ2n) is 7.32. The minimum absolute atomic E-state index is 0.0181. The number of carbonyl (C=O) groups is 1. The highest BCUT2D eigenvalue weighted by Crippen LogP contribution is 2.32. The number of ether oxygens (including phenoxy) is 3. The van der Waals surface area contributed by atoms with Gasteiger partial charge in [0.2, 0.25) is 6.79 Å². The third kappa shape index (κ3) is 5.29. The Bertz CT molecular complexity index is 871. The molecule has 0 atom stereocenters. The molecule has 2 aromatic carbocycles. The molecule has 0 aliphatic carbocycles. The topological polar surface area (TPSA) is 63.3 Å². The zero-order valence-electron chi connectivity index (χ0n) is 16.8. The van der Waals surface area contributed by atoms with Gasteiger partial charge in [0.15, 0.2) is 11.5 Å². The molecule has 0 radical (unpaired) electrons. The molecule has 8 heteroatoms. The van der Waals surface area contributed by atoms with Gasteiger partial charge in [-0.2, -0.15) is 0 Å². The lowest BCUT2D eigenvalue weighted by Crippen LogP contribution is -2.51. The van der Waals surface area contributed by atoms with E-state index in [4.69, 9.17) is 25.8 Å². The van der Waals surface area contributed by atoms with Gasteiger partial charge < -0.3 is 24.4 Å². The monoisotopic (exact) mass is 431 g/mol. The highest BCUT2D eigenvalue weighted by molar-refractivity contribution is 6.32. The molecule has 2 aliphatic heterocycles. The van der Waals surface area contributed by atoms with Crippen LogP contribution in [0.5, 0.6) is 17.2 Å². The lowest BCUT2D eigenvalue weighted by molar-refractivity contribution is 0.135. The Kier molecular flexibility index (Phi) is 6.81. The molecule has 0 spiro atoms. The highest BCUT2D eigenvalue weighted by Gasteiger charge is 2.21. The Morgan fingerprint density at radius 1 is 1.07 bits per heavy atom. The number of nitrogens with zero attached hydrogens (tertiary/aromatic N) is 2. The van der Waals surface area contributed by atoms with Gasteiger partial charge in [0.25, 0.3) is 0 Å². The molecule has 0 aromatic heterocycles. The predicted molar refractivity (Wildman–Crippen MR) is 114 cm³/mol. The summed E-state index contributed by atoms with van der Waals surface area (Å²) in [6.07, 6.45) is 0.723. The summed E-state index contributed by atoms with van der Waals surface area (Å²) in [5.41, 5.74) is 1.19. The third-order valence-corrected chi connectivity index (χ3v) is 5.51. The van der Waals surface area contributed by atoms with Gasteiger partial charge in [0.05, 0.1) is 11.6 Å². The van der Waals surface area contributed by atoms with E-state index in [9.17, 15) is 4.79 Å². The quantitative estimate of drug-likeness (QED) is 0.681. The molecule has 7 nitrogen and oxygen atoms in total. The number of benzene rings is 2. The van der Waals surface area contributed by atoms with Crippen molar-refractivity contribution in [3.8, 4) is 17.2 Å². The summed E-state index contributed by atoms with van der Waals surface area (Å²) in [6, 6.07) is 13.4. The van der Waals surface area contributed by atoms with Crippen LogP contribution < -0.4 is 19.5 Å². The molecule has 160 valence electrons. The van der Waals surface area contributed by atoms with Crippen LogP contribution in [0.2, 0.25) is 5.02 Å². The van der Waals surface area contributed by atoms with Crippen molar-refractivity contribution in [2.24, 2.45) is 0 Å². The smallest absolute Gasteiger partial charge is 0.317 e. The number of carbonyl (C=O) groups excluding carboxylic acids is 1. The minimum atomic E-state index is -0.0181. The Labute approximate surface area is 181 Å². The zero-order chi connectivity index (χ0) is 20.8. The van der Waals surface area contributed by atoms with E-state index in [2.05, 4.69) is 16.3 Å². The van der Waals surface area contributed by atoms with Crippen LogP contribution in [-0.2, 0) is 6.54 Å². The van der Waals surface area contributed by atoms with Crippen molar-refractivity contribution in [3.63, 3.8) is 0 Å². The van der Waals surface area contributed by atoms with E-state index in [0.29, 0.717) is 43.8 Å². The molecule has 4 rings (SSSR count). The van der Waals surface area contributed by atoms with Crippen LogP contribution in [0, 0.1) is 0 Å². The van der Waals surface area contributed by atoms with Gasteiger partial charge in [-0.3, -0.25) is 4.90 Å². The number of hydrogen-bond acceptors (Lipinski definition) is 5. The van der Waals surface area contributed by atoms with Crippen LogP contribution >= 0.6 is 11.6 Å². The van der Waals surface area contributed by atoms with Crippen molar-refractivity contribution < 1.29 is 19.0 Å².